The predicted molar refractivity (Wildman–Crippen MR) is 80.4 cm³/mol. The monoisotopic (exact) mass is 273 g/mol. The lowest BCUT2D eigenvalue weighted by Crippen LogP contribution is -2.51. The van der Waals surface area contributed by atoms with Crippen LogP contribution in [0.25, 0.3) is 0 Å². The van der Waals surface area contributed by atoms with Crippen molar-refractivity contribution in [2.45, 2.75) is 38.9 Å². The molecule has 2 N–H and O–H groups in total. The van der Waals surface area contributed by atoms with Gasteiger partial charge in [0.25, 0.3) is 0 Å². The highest BCUT2D eigenvalue weighted by Crippen LogP contribution is 2.24. The molecule has 4 heteroatoms. The number of aliphatic hydroxyl groups excluding tert-OH is 1. The largest absolute Gasteiger partial charge is 0.394 e. The Morgan fingerprint density at radius 2 is 2.00 bits per heavy atom. The normalized spacial score (nSPS) is 14.4. The number of imidazole rings is 1. The summed E-state index contributed by atoms with van der Waals surface area (Å²) in [5, 5.41) is 13.6. The third-order valence-corrected chi connectivity index (χ3v) is 3.53. The molecule has 1 aromatic heterocycles. The number of nitrogens with one attached hydrogen (secondary N) is 1. The number of nitrogens with zero attached hydrogens (tertiary/aromatic N) is 2. The summed E-state index contributed by atoms with van der Waals surface area (Å²) in [7, 11) is 0. The van der Waals surface area contributed by atoms with Gasteiger partial charge in [-0.25, -0.2) is 4.98 Å². The second kappa shape index (κ2) is 6.20. The Balaban J connectivity index is 2.40. The van der Waals surface area contributed by atoms with Gasteiger partial charge < -0.3 is 15.0 Å². The van der Waals surface area contributed by atoms with Crippen molar-refractivity contribution in [3.8, 4) is 0 Å². The lowest BCUT2D eigenvalue weighted by atomic mass is 9.89. The lowest BCUT2D eigenvalue weighted by molar-refractivity contribution is 0.132. The fraction of sp³-hybridized carbons (Fsp3) is 0.438. The van der Waals surface area contributed by atoms with Crippen LogP contribution in [0, 0.1) is 6.92 Å². The minimum atomic E-state index is -0.499. The molecule has 1 aromatic carbocycles. The van der Waals surface area contributed by atoms with Gasteiger partial charge >= 0.3 is 0 Å². The van der Waals surface area contributed by atoms with Crippen molar-refractivity contribution in [3.63, 3.8) is 0 Å². The maximum Gasteiger partial charge on any atom is 0.105 e. The van der Waals surface area contributed by atoms with Crippen LogP contribution in [-0.4, -0.2) is 27.3 Å². The van der Waals surface area contributed by atoms with Crippen molar-refractivity contribution in [1.29, 1.82) is 0 Å². The Morgan fingerprint density at radius 1 is 1.30 bits per heavy atom. The van der Waals surface area contributed by atoms with E-state index < -0.39 is 5.54 Å². The molecule has 0 radical (unpaired) electrons. The van der Waals surface area contributed by atoms with E-state index in [-0.39, 0.29) is 12.6 Å². The topological polar surface area (TPSA) is 50.1 Å². The first-order valence-corrected chi connectivity index (χ1v) is 6.99. The van der Waals surface area contributed by atoms with E-state index in [9.17, 15) is 5.11 Å². The first kappa shape index (κ1) is 14.8. The van der Waals surface area contributed by atoms with E-state index >= 15 is 0 Å². The molecule has 0 aliphatic heterocycles. The smallest absolute Gasteiger partial charge is 0.105 e. The predicted octanol–water partition coefficient (Wildman–Crippen LogP) is 2.08. The second-order valence-electron chi connectivity index (χ2n) is 5.51. The number of aliphatic hydroxyl groups is 1. The van der Waals surface area contributed by atoms with Crippen molar-refractivity contribution in [2.75, 3.05) is 6.61 Å². The van der Waals surface area contributed by atoms with E-state index in [2.05, 4.69) is 40.8 Å². The highest BCUT2D eigenvalue weighted by atomic mass is 16.3. The van der Waals surface area contributed by atoms with Gasteiger partial charge in [-0.3, -0.25) is 0 Å². The number of aryl methyl sites for hydroxylation is 1. The van der Waals surface area contributed by atoms with Gasteiger partial charge in [-0.15, -0.1) is 0 Å². The van der Waals surface area contributed by atoms with Crippen molar-refractivity contribution in [3.05, 3.63) is 54.1 Å². The van der Waals surface area contributed by atoms with Crippen LogP contribution in [0.2, 0.25) is 0 Å². The third kappa shape index (κ3) is 3.08. The summed E-state index contributed by atoms with van der Waals surface area (Å²) in [6, 6.07) is 10.4. The average Bonchev–Trinajstić information content (AvgIpc) is 2.84. The summed E-state index contributed by atoms with van der Waals surface area (Å²) in [4.78, 5) is 4.26. The molecule has 0 aliphatic carbocycles. The molecule has 0 amide bonds. The van der Waals surface area contributed by atoms with Gasteiger partial charge in [-0.1, -0.05) is 30.3 Å². The maximum absolute atomic E-state index is 10.1. The fourth-order valence-electron chi connectivity index (χ4n) is 2.58. The van der Waals surface area contributed by atoms with Crippen LogP contribution in [0.15, 0.2) is 42.7 Å². The van der Waals surface area contributed by atoms with Crippen LogP contribution < -0.4 is 5.32 Å². The van der Waals surface area contributed by atoms with Crippen LogP contribution in [0.4, 0.5) is 0 Å². The molecule has 2 aromatic rings. The Kier molecular flexibility index (Phi) is 4.57. The number of benzene rings is 1. The van der Waals surface area contributed by atoms with Gasteiger partial charge in [-0.05, 0) is 26.3 Å². The van der Waals surface area contributed by atoms with Crippen LogP contribution in [0.1, 0.15) is 25.2 Å². The molecule has 0 spiro atoms. The van der Waals surface area contributed by atoms with Crippen molar-refractivity contribution in [2.24, 2.45) is 0 Å². The molecule has 1 heterocycles. The average molecular weight is 273 g/mol. The molecule has 2 rings (SSSR count). The van der Waals surface area contributed by atoms with Gasteiger partial charge in [0, 0.05) is 25.0 Å². The molecule has 1 unspecified atom stereocenters. The van der Waals surface area contributed by atoms with Crippen LogP contribution in [-0.2, 0) is 12.1 Å². The van der Waals surface area contributed by atoms with E-state index in [1.54, 1.807) is 6.20 Å². The molecular formula is C16H23N3O. The van der Waals surface area contributed by atoms with E-state index in [0.29, 0.717) is 6.54 Å². The highest BCUT2D eigenvalue weighted by molar-refractivity contribution is 5.25. The Bertz CT molecular complexity index is 536. The minimum Gasteiger partial charge on any atom is -0.394 e. The van der Waals surface area contributed by atoms with E-state index in [0.717, 1.165) is 11.4 Å². The Morgan fingerprint density at radius 3 is 2.50 bits per heavy atom. The molecule has 0 bridgehead atoms. The first-order valence-electron chi connectivity index (χ1n) is 6.99. The summed E-state index contributed by atoms with van der Waals surface area (Å²) in [6.45, 7) is 6.84. The maximum atomic E-state index is 10.1. The molecule has 0 saturated heterocycles. The van der Waals surface area contributed by atoms with Gasteiger partial charge in [0.05, 0.1) is 12.1 Å². The molecule has 4 nitrogen and oxygen atoms in total. The molecule has 1 atom stereocenters. The van der Waals surface area contributed by atoms with E-state index in [1.165, 1.54) is 0 Å². The van der Waals surface area contributed by atoms with E-state index in [4.69, 9.17) is 0 Å². The zero-order valence-corrected chi connectivity index (χ0v) is 12.4. The zero-order valence-electron chi connectivity index (χ0n) is 12.4. The fourth-order valence-corrected chi connectivity index (χ4v) is 2.58. The molecule has 0 saturated carbocycles. The Hall–Kier alpha value is -1.65. The molecule has 108 valence electrons. The molecule has 20 heavy (non-hydrogen) atoms. The molecular weight excluding hydrogens is 250 g/mol. The van der Waals surface area contributed by atoms with Gasteiger partial charge in [0.15, 0.2) is 0 Å². The lowest BCUT2D eigenvalue weighted by Gasteiger charge is -2.36. The second-order valence-corrected chi connectivity index (χ2v) is 5.51. The standard InChI is InChI=1S/C16H23N3O/c1-13(2)18-16(12-20,15-7-5-4-6-8-15)11-19-10-9-17-14(19)3/h4-10,13,18,20H,11-12H2,1-3H3. The number of aromatic nitrogens is 2. The van der Waals surface area contributed by atoms with Crippen LogP contribution in [0.5, 0.6) is 0 Å². The summed E-state index contributed by atoms with van der Waals surface area (Å²) in [5.41, 5.74) is 0.588. The van der Waals surface area contributed by atoms with Crippen LogP contribution >= 0.6 is 0 Å². The summed E-state index contributed by atoms with van der Waals surface area (Å²) < 4.78 is 2.07. The highest BCUT2D eigenvalue weighted by Gasteiger charge is 2.32. The summed E-state index contributed by atoms with van der Waals surface area (Å²) in [6.07, 6.45) is 3.74. The van der Waals surface area contributed by atoms with Crippen molar-refractivity contribution >= 4 is 0 Å². The summed E-state index contributed by atoms with van der Waals surface area (Å²) in [5.74, 6) is 0.948. The van der Waals surface area contributed by atoms with Crippen molar-refractivity contribution in [1.82, 2.24) is 14.9 Å². The quantitative estimate of drug-likeness (QED) is 0.847. The summed E-state index contributed by atoms with van der Waals surface area (Å²) >= 11 is 0. The van der Waals surface area contributed by atoms with Crippen LogP contribution in [0.3, 0.4) is 0 Å². The SMILES string of the molecule is Cc1nccn1CC(CO)(NC(C)C)c1ccccc1. The number of hydrogen-bond acceptors (Lipinski definition) is 3. The molecule has 0 aliphatic rings. The van der Waals surface area contributed by atoms with Crippen molar-refractivity contribution < 1.29 is 5.11 Å². The zero-order chi connectivity index (χ0) is 14.6. The molecule has 0 fully saturated rings. The van der Waals surface area contributed by atoms with Gasteiger partial charge in [-0.2, -0.15) is 0 Å². The first-order chi connectivity index (χ1) is 9.57. The van der Waals surface area contributed by atoms with Gasteiger partial charge in [0.2, 0.25) is 0 Å². The number of hydrogen-bond donors (Lipinski definition) is 2. The van der Waals surface area contributed by atoms with Gasteiger partial charge in [0.1, 0.15) is 5.82 Å². The number of rotatable bonds is 6. The third-order valence-electron chi connectivity index (χ3n) is 3.53. The van der Waals surface area contributed by atoms with E-state index in [1.807, 2.05) is 31.3 Å². The minimum absolute atomic E-state index is 0.0345. The Labute approximate surface area is 120 Å².